The van der Waals surface area contributed by atoms with Crippen molar-refractivity contribution in [2.45, 2.75) is 25.1 Å². The quantitative estimate of drug-likeness (QED) is 0.767. The van der Waals surface area contributed by atoms with Crippen LogP contribution in [0, 0.1) is 5.82 Å². The zero-order chi connectivity index (χ0) is 11.8. The Morgan fingerprint density at radius 1 is 1.24 bits per heavy atom. The molecule has 1 aromatic carbocycles. The van der Waals surface area contributed by atoms with Gasteiger partial charge in [-0.25, -0.2) is 4.39 Å². The van der Waals surface area contributed by atoms with E-state index in [1.54, 1.807) is 0 Å². The van der Waals surface area contributed by atoms with Gasteiger partial charge in [-0.2, -0.15) is 13.2 Å². The van der Waals surface area contributed by atoms with Gasteiger partial charge in [0, 0.05) is 11.6 Å². The molecule has 1 unspecified atom stereocenters. The van der Waals surface area contributed by atoms with Gasteiger partial charge in [0.05, 0.1) is 5.56 Å². The van der Waals surface area contributed by atoms with Gasteiger partial charge in [0.1, 0.15) is 5.82 Å². The first-order valence-corrected chi connectivity index (χ1v) is 5.08. The highest BCUT2D eigenvalue weighted by Gasteiger charge is 2.32. The summed E-state index contributed by atoms with van der Waals surface area (Å²) in [6.07, 6.45) is -2.88. The molecule has 1 aromatic rings. The third-order valence-corrected chi connectivity index (χ3v) is 2.76. The van der Waals surface area contributed by atoms with Crippen molar-refractivity contribution in [1.29, 1.82) is 0 Å². The number of benzene rings is 1. The third kappa shape index (κ3) is 3.10. The Balaban J connectivity index is 0.00000144. The van der Waals surface area contributed by atoms with Crippen LogP contribution >= 0.6 is 12.4 Å². The summed E-state index contributed by atoms with van der Waals surface area (Å²) in [6.45, 7) is 0.723. The molecule has 1 atom stereocenters. The lowest BCUT2D eigenvalue weighted by molar-refractivity contribution is -0.137. The normalized spacial score (nSPS) is 20.1. The van der Waals surface area contributed by atoms with Gasteiger partial charge >= 0.3 is 6.18 Å². The van der Waals surface area contributed by atoms with E-state index >= 15 is 0 Å². The maximum absolute atomic E-state index is 13.4. The van der Waals surface area contributed by atoms with E-state index in [1.165, 1.54) is 0 Å². The molecular weight excluding hydrogens is 258 g/mol. The molecule has 0 bridgehead atoms. The van der Waals surface area contributed by atoms with Crippen molar-refractivity contribution in [3.05, 3.63) is 35.1 Å². The van der Waals surface area contributed by atoms with Crippen LogP contribution in [-0.2, 0) is 6.18 Å². The molecule has 0 spiro atoms. The predicted octanol–water partition coefficient (Wildman–Crippen LogP) is 3.69. The lowest BCUT2D eigenvalue weighted by atomic mass is 10.0. The molecule has 1 aliphatic heterocycles. The van der Waals surface area contributed by atoms with Gasteiger partial charge in [-0.3, -0.25) is 0 Å². The lowest BCUT2D eigenvalue weighted by Gasteiger charge is -2.14. The molecule has 96 valence electrons. The van der Waals surface area contributed by atoms with Crippen LogP contribution < -0.4 is 5.32 Å². The van der Waals surface area contributed by atoms with Gasteiger partial charge in [-0.05, 0) is 37.6 Å². The van der Waals surface area contributed by atoms with Crippen LogP contribution in [0.4, 0.5) is 17.6 Å². The van der Waals surface area contributed by atoms with Crippen molar-refractivity contribution in [1.82, 2.24) is 5.32 Å². The van der Waals surface area contributed by atoms with E-state index in [4.69, 9.17) is 0 Å². The van der Waals surface area contributed by atoms with Gasteiger partial charge in [0.25, 0.3) is 0 Å². The van der Waals surface area contributed by atoms with E-state index in [2.05, 4.69) is 5.32 Å². The van der Waals surface area contributed by atoms with Crippen molar-refractivity contribution in [3.63, 3.8) is 0 Å². The second-order valence-electron chi connectivity index (χ2n) is 3.88. The molecule has 1 nitrogen and oxygen atoms in total. The molecule has 1 heterocycles. The van der Waals surface area contributed by atoms with Gasteiger partial charge in [0.15, 0.2) is 0 Å². The fraction of sp³-hybridized carbons (Fsp3) is 0.455. The first kappa shape index (κ1) is 14.3. The predicted molar refractivity (Wildman–Crippen MR) is 58.6 cm³/mol. The molecule has 0 saturated carbocycles. The molecule has 1 fully saturated rings. The number of hydrogen-bond acceptors (Lipinski definition) is 1. The molecule has 0 aliphatic carbocycles. The average molecular weight is 270 g/mol. The van der Waals surface area contributed by atoms with Crippen LogP contribution in [-0.4, -0.2) is 6.54 Å². The Morgan fingerprint density at radius 2 is 1.94 bits per heavy atom. The summed E-state index contributed by atoms with van der Waals surface area (Å²) in [6, 6.07) is 2.27. The van der Waals surface area contributed by atoms with E-state index in [0.29, 0.717) is 6.42 Å². The van der Waals surface area contributed by atoms with Crippen LogP contribution in [0.15, 0.2) is 18.2 Å². The molecule has 1 aliphatic rings. The minimum atomic E-state index is -4.42. The zero-order valence-electron chi connectivity index (χ0n) is 8.85. The van der Waals surface area contributed by atoms with Gasteiger partial charge in [-0.1, -0.05) is 0 Å². The molecule has 0 radical (unpaired) electrons. The highest BCUT2D eigenvalue weighted by Crippen LogP contribution is 2.33. The van der Waals surface area contributed by atoms with Crippen molar-refractivity contribution >= 4 is 12.4 Å². The second-order valence-corrected chi connectivity index (χ2v) is 3.88. The van der Waals surface area contributed by atoms with E-state index in [0.717, 1.165) is 31.2 Å². The largest absolute Gasteiger partial charge is 0.416 e. The first-order chi connectivity index (χ1) is 7.48. The second kappa shape index (κ2) is 5.23. The molecule has 0 aromatic heterocycles. The Kier molecular flexibility index (Phi) is 4.38. The Hall–Kier alpha value is -0.810. The van der Waals surface area contributed by atoms with Crippen molar-refractivity contribution in [2.75, 3.05) is 6.54 Å². The molecule has 6 heteroatoms. The maximum Gasteiger partial charge on any atom is 0.416 e. The number of rotatable bonds is 1. The summed E-state index contributed by atoms with van der Waals surface area (Å²) < 4.78 is 50.7. The van der Waals surface area contributed by atoms with Crippen LogP contribution in [0.3, 0.4) is 0 Å². The summed E-state index contributed by atoms with van der Waals surface area (Å²) >= 11 is 0. The summed E-state index contributed by atoms with van der Waals surface area (Å²) in [7, 11) is 0. The molecule has 1 N–H and O–H groups in total. The Bertz CT molecular complexity index is 386. The van der Waals surface area contributed by atoms with Crippen molar-refractivity contribution < 1.29 is 17.6 Å². The smallest absolute Gasteiger partial charge is 0.310 e. The highest BCUT2D eigenvalue weighted by atomic mass is 35.5. The van der Waals surface area contributed by atoms with Crippen LogP contribution in [0.1, 0.15) is 30.0 Å². The van der Waals surface area contributed by atoms with Gasteiger partial charge in [0.2, 0.25) is 0 Å². The minimum Gasteiger partial charge on any atom is -0.310 e. The molecule has 1 saturated heterocycles. The van der Waals surface area contributed by atoms with E-state index in [-0.39, 0.29) is 24.0 Å². The van der Waals surface area contributed by atoms with Crippen LogP contribution in [0.25, 0.3) is 0 Å². The van der Waals surface area contributed by atoms with E-state index in [1.807, 2.05) is 0 Å². The summed E-state index contributed by atoms with van der Waals surface area (Å²) in [5.74, 6) is -0.576. The van der Waals surface area contributed by atoms with Crippen molar-refractivity contribution in [2.24, 2.45) is 0 Å². The summed E-state index contributed by atoms with van der Waals surface area (Å²) in [4.78, 5) is 0. The van der Waals surface area contributed by atoms with Crippen LogP contribution in [0.5, 0.6) is 0 Å². The molecule has 0 amide bonds. The summed E-state index contributed by atoms with van der Waals surface area (Å²) in [5.41, 5.74) is -0.676. The number of nitrogens with one attached hydrogen (secondary N) is 1. The monoisotopic (exact) mass is 269 g/mol. The van der Waals surface area contributed by atoms with Crippen LogP contribution in [0.2, 0.25) is 0 Å². The first-order valence-electron chi connectivity index (χ1n) is 5.08. The summed E-state index contributed by atoms with van der Waals surface area (Å²) in [5, 5.41) is 2.99. The maximum atomic E-state index is 13.4. The minimum absolute atomic E-state index is 0. The molecule has 17 heavy (non-hydrogen) atoms. The number of halogens is 5. The highest BCUT2D eigenvalue weighted by molar-refractivity contribution is 5.85. The Morgan fingerprint density at radius 3 is 2.47 bits per heavy atom. The lowest BCUT2D eigenvalue weighted by Crippen LogP contribution is -2.16. The van der Waals surface area contributed by atoms with E-state index < -0.39 is 17.6 Å². The third-order valence-electron chi connectivity index (χ3n) is 2.76. The Labute approximate surface area is 103 Å². The van der Waals surface area contributed by atoms with Gasteiger partial charge in [-0.15, -0.1) is 12.4 Å². The molecule has 2 rings (SSSR count). The fourth-order valence-corrected chi connectivity index (χ4v) is 1.94. The number of alkyl halides is 3. The molecular formula is C11H12ClF4N. The number of hydrogen-bond donors (Lipinski definition) is 1. The van der Waals surface area contributed by atoms with E-state index in [9.17, 15) is 17.6 Å². The standard InChI is InChI=1S/C11H11F4N.ClH/c12-9-4-3-7(11(13,14)15)6-8(9)10-2-1-5-16-10;/h3-4,6,10,16H,1-2,5H2;1H. The van der Waals surface area contributed by atoms with Crippen molar-refractivity contribution in [3.8, 4) is 0 Å². The average Bonchev–Trinajstić information content (AvgIpc) is 2.69. The SMILES string of the molecule is Cl.Fc1ccc(C(F)(F)F)cc1C1CCCN1. The fourth-order valence-electron chi connectivity index (χ4n) is 1.94. The van der Waals surface area contributed by atoms with Gasteiger partial charge < -0.3 is 5.32 Å². The topological polar surface area (TPSA) is 12.0 Å². The zero-order valence-corrected chi connectivity index (χ0v) is 9.67.